The molecule has 0 heterocycles. The minimum absolute atomic E-state index is 0.210. The van der Waals surface area contributed by atoms with Crippen LogP contribution in [-0.4, -0.2) is 19.1 Å². The molecule has 1 aromatic carbocycles. The van der Waals surface area contributed by atoms with Gasteiger partial charge < -0.3 is 10.6 Å². The van der Waals surface area contributed by atoms with Crippen molar-refractivity contribution in [3.8, 4) is 0 Å². The highest BCUT2D eigenvalue weighted by Crippen LogP contribution is 2.31. The van der Waals surface area contributed by atoms with Crippen LogP contribution in [0.15, 0.2) is 18.2 Å². The number of hydrogen-bond donors (Lipinski definition) is 1. The standard InChI is InChI=1S/C18H31ClN2/c1-4-7-12-21(13-8-5-2)18-15(14-16(20)6-3)10-9-11-17(18)19/h9-11,16H,4-8,12-14,20H2,1-3H3. The zero-order chi connectivity index (χ0) is 15.7. The minimum Gasteiger partial charge on any atom is -0.370 e. The molecule has 0 aliphatic carbocycles. The maximum Gasteiger partial charge on any atom is 0.0642 e. The SMILES string of the molecule is CCCCN(CCCC)c1c(Cl)cccc1CC(N)CC. The lowest BCUT2D eigenvalue weighted by Crippen LogP contribution is -2.29. The summed E-state index contributed by atoms with van der Waals surface area (Å²) in [6.45, 7) is 8.76. The molecule has 0 saturated carbocycles. The van der Waals surface area contributed by atoms with Crippen molar-refractivity contribution in [3.05, 3.63) is 28.8 Å². The second kappa shape index (κ2) is 10.1. The van der Waals surface area contributed by atoms with E-state index < -0.39 is 0 Å². The van der Waals surface area contributed by atoms with Gasteiger partial charge in [0.25, 0.3) is 0 Å². The van der Waals surface area contributed by atoms with Gasteiger partial charge in [-0.3, -0.25) is 0 Å². The Morgan fingerprint density at radius 3 is 2.24 bits per heavy atom. The highest BCUT2D eigenvalue weighted by Gasteiger charge is 2.16. The lowest BCUT2D eigenvalue weighted by Gasteiger charge is -2.29. The molecule has 0 saturated heterocycles. The maximum atomic E-state index is 6.53. The second-order valence-corrected chi connectivity index (χ2v) is 6.22. The number of halogens is 1. The maximum absolute atomic E-state index is 6.53. The number of rotatable bonds is 10. The van der Waals surface area contributed by atoms with Crippen LogP contribution in [0.25, 0.3) is 0 Å². The highest BCUT2D eigenvalue weighted by molar-refractivity contribution is 6.33. The van der Waals surface area contributed by atoms with E-state index in [9.17, 15) is 0 Å². The summed E-state index contributed by atoms with van der Waals surface area (Å²) in [4.78, 5) is 2.47. The van der Waals surface area contributed by atoms with Gasteiger partial charge in [0.15, 0.2) is 0 Å². The fraction of sp³-hybridized carbons (Fsp3) is 0.667. The van der Waals surface area contributed by atoms with Crippen molar-refractivity contribution in [1.82, 2.24) is 0 Å². The zero-order valence-corrected chi connectivity index (χ0v) is 14.6. The molecule has 21 heavy (non-hydrogen) atoms. The Hall–Kier alpha value is -0.730. The van der Waals surface area contributed by atoms with Crippen LogP contribution >= 0.6 is 11.6 Å². The Morgan fingerprint density at radius 2 is 1.71 bits per heavy atom. The number of para-hydroxylation sites is 1. The third kappa shape index (κ3) is 5.88. The summed E-state index contributed by atoms with van der Waals surface area (Å²) in [5, 5.41) is 0.864. The van der Waals surface area contributed by atoms with Crippen LogP contribution in [-0.2, 0) is 6.42 Å². The van der Waals surface area contributed by atoms with Crippen LogP contribution in [0, 0.1) is 0 Å². The molecule has 1 unspecified atom stereocenters. The Bertz CT molecular complexity index is 398. The number of nitrogens with two attached hydrogens (primary N) is 1. The topological polar surface area (TPSA) is 29.3 Å². The molecular formula is C18H31ClN2. The van der Waals surface area contributed by atoms with Gasteiger partial charge in [-0.2, -0.15) is 0 Å². The van der Waals surface area contributed by atoms with Gasteiger partial charge in [-0.05, 0) is 37.3 Å². The van der Waals surface area contributed by atoms with E-state index in [1.807, 2.05) is 12.1 Å². The van der Waals surface area contributed by atoms with E-state index in [4.69, 9.17) is 17.3 Å². The number of hydrogen-bond acceptors (Lipinski definition) is 2. The number of anilines is 1. The number of benzene rings is 1. The fourth-order valence-corrected chi connectivity index (χ4v) is 2.85. The van der Waals surface area contributed by atoms with E-state index in [1.54, 1.807) is 0 Å². The third-order valence-electron chi connectivity index (χ3n) is 3.96. The number of nitrogens with zero attached hydrogens (tertiary/aromatic N) is 1. The van der Waals surface area contributed by atoms with E-state index in [1.165, 1.54) is 36.9 Å². The Labute approximate surface area is 135 Å². The molecule has 0 amide bonds. The average molecular weight is 311 g/mol. The summed E-state index contributed by atoms with van der Waals surface area (Å²) in [6.07, 6.45) is 6.72. The van der Waals surface area contributed by atoms with Crippen molar-refractivity contribution in [1.29, 1.82) is 0 Å². The summed E-state index contributed by atoms with van der Waals surface area (Å²) >= 11 is 6.53. The van der Waals surface area contributed by atoms with E-state index in [0.29, 0.717) is 0 Å². The first-order valence-corrected chi connectivity index (χ1v) is 8.79. The van der Waals surface area contributed by atoms with E-state index >= 15 is 0 Å². The fourth-order valence-electron chi connectivity index (χ4n) is 2.54. The van der Waals surface area contributed by atoms with Crippen molar-refractivity contribution in [3.63, 3.8) is 0 Å². The Kier molecular flexibility index (Phi) is 8.79. The average Bonchev–Trinajstić information content (AvgIpc) is 2.48. The van der Waals surface area contributed by atoms with Crippen LogP contribution in [0.2, 0.25) is 5.02 Å². The van der Waals surface area contributed by atoms with Gasteiger partial charge in [-0.1, -0.05) is 57.3 Å². The molecular weight excluding hydrogens is 280 g/mol. The molecule has 0 fully saturated rings. The lowest BCUT2D eigenvalue weighted by atomic mass is 10.0. The van der Waals surface area contributed by atoms with Crippen molar-refractivity contribution in [2.75, 3.05) is 18.0 Å². The first-order valence-electron chi connectivity index (χ1n) is 8.41. The molecule has 0 spiro atoms. The Balaban J connectivity index is 3.02. The summed E-state index contributed by atoms with van der Waals surface area (Å²) in [5.74, 6) is 0. The second-order valence-electron chi connectivity index (χ2n) is 5.81. The van der Waals surface area contributed by atoms with Crippen LogP contribution in [0.3, 0.4) is 0 Å². The third-order valence-corrected chi connectivity index (χ3v) is 4.26. The van der Waals surface area contributed by atoms with Gasteiger partial charge >= 0.3 is 0 Å². The number of unbranched alkanes of at least 4 members (excludes halogenated alkanes) is 2. The molecule has 1 aromatic rings. The monoisotopic (exact) mass is 310 g/mol. The summed E-state index contributed by atoms with van der Waals surface area (Å²) < 4.78 is 0. The summed E-state index contributed by atoms with van der Waals surface area (Å²) in [5.41, 5.74) is 8.67. The molecule has 0 aliphatic heterocycles. The molecule has 2 nitrogen and oxygen atoms in total. The van der Waals surface area contributed by atoms with Crippen LogP contribution in [0.5, 0.6) is 0 Å². The smallest absolute Gasteiger partial charge is 0.0642 e. The van der Waals surface area contributed by atoms with Gasteiger partial charge in [0.2, 0.25) is 0 Å². The van der Waals surface area contributed by atoms with Crippen LogP contribution in [0.4, 0.5) is 5.69 Å². The molecule has 0 aromatic heterocycles. The quantitative estimate of drug-likeness (QED) is 0.657. The van der Waals surface area contributed by atoms with Crippen LogP contribution < -0.4 is 10.6 Å². The molecule has 3 heteroatoms. The van der Waals surface area contributed by atoms with Crippen LogP contribution in [0.1, 0.15) is 58.4 Å². The predicted molar refractivity (Wildman–Crippen MR) is 95.5 cm³/mol. The van der Waals surface area contributed by atoms with Gasteiger partial charge in [0, 0.05) is 19.1 Å². The largest absolute Gasteiger partial charge is 0.370 e. The molecule has 120 valence electrons. The zero-order valence-electron chi connectivity index (χ0n) is 13.9. The first-order chi connectivity index (χ1) is 10.1. The van der Waals surface area contributed by atoms with Crippen molar-refractivity contribution < 1.29 is 0 Å². The molecule has 1 rings (SSSR count). The molecule has 0 aliphatic rings. The van der Waals surface area contributed by atoms with Gasteiger partial charge in [0.1, 0.15) is 0 Å². The Morgan fingerprint density at radius 1 is 1.10 bits per heavy atom. The first kappa shape index (κ1) is 18.3. The van der Waals surface area contributed by atoms with Gasteiger partial charge in [0.05, 0.1) is 10.7 Å². The van der Waals surface area contributed by atoms with Crippen molar-refractivity contribution in [2.24, 2.45) is 5.73 Å². The lowest BCUT2D eigenvalue weighted by molar-refractivity contribution is 0.637. The van der Waals surface area contributed by atoms with E-state index in [-0.39, 0.29) is 6.04 Å². The normalized spacial score (nSPS) is 12.4. The molecule has 1 atom stereocenters. The summed E-state index contributed by atoms with van der Waals surface area (Å²) in [7, 11) is 0. The van der Waals surface area contributed by atoms with Gasteiger partial charge in [-0.25, -0.2) is 0 Å². The predicted octanol–water partition coefficient (Wildman–Crippen LogP) is 5.03. The molecule has 2 N–H and O–H groups in total. The van der Waals surface area contributed by atoms with E-state index in [2.05, 4.69) is 31.7 Å². The summed E-state index contributed by atoms with van der Waals surface area (Å²) in [6, 6.07) is 6.44. The molecule has 0 bridgehead atoms. The highest BCUT2D eigenvalue weighted by atomic mass is 35.5. The van der Waals surface area contributed by atoms with Crippen molar-refractivity contribution in [2.45, 2.75) is 65.3 Å². The van der Waals surface area contributed by atoms with E-state index in [0.717, 1.165) is 31.0 Å². The van der Waals surface area contributed by atoms with Gasteiger partial charge in [-0.15, -0.1) is 0 Å². The van der Waals surface area contributed by atoms with Crippen molar-refractivity contribution >= 4 is 17.3 Å². The molecule has 0 radical (unpaired) electrons. The minimum atomic E-state index is 0.210.